The lowest BCUT2D eigenvalue weighted by atomic mass is 10.1. The molecule has 128 valence electrons. The van der Waals surface area contributed by atoms with Crippen molar-refractivity contribution in [1.29, 1.82) is 0 Å². The van der Waals surface area contributed by atoms with Gasteiger partial charge in [0.2, 0.25) is 5.16 Å². The highest BCUT2D eigenvalue weighted by Crippen LogP contribution is 2.22. The summed E-state index contributed by atoms with van der Waals surface area (Å²) in [5, 5.41) is 0.490. The molecule has 1 aromatic heterocycles. The van der Waals surface area contributed by atoms with Gasteiger partial charge in [-0.05, 0) is 46.6 Å². The van der Waals surface area contributed by atoms with E-state index in [0.29, 0.717) is 36.8 Å². The van der Waals surface area contributed by atoms with E-state index in [4.69, 9.17) is 16.3 Å². The van der Waals surface area contributed by atoms with Crippen LogP contribution < -0.4 is 0 Å². The standard InChI is InChI=1S/C15H22ClN3O3S/c1-10-9-12(16)18-13(17-10)23(21)11-5-7-19(8-6-11)14(20)22-15(2,3)4/h9,11H,5-8H2,1-4H3. The monoisotopic (exact) mass is 359 g/mol. The molecule has 1 amide bonds. The summed E-state index contributed by atoms with van der Waals surface area (Å²) in [6.45, 7) is 8.34. The van der Waals surface area contributed by atoms with Crippen molar-refractivity contribution in [2.75, 3.05) is 13.1 Å². The van der Waals surface area contributed by atoms with Gasteiger partial charge in [0.15, 0.2) is 0 Å². The molecule has 0 radical (unpaired) electrons. The van der Waals surface area contributed by atoms with Crippen molar-refractivity contribution in [3.8, 4) is 0 Å². The average Bonchev–Trinajstić information content (AvgIpc) is 2.44. The number of hydrogen-bond donors (Lipinski definition) is 0. The van der Waals surface area contributed by atoms with Gasteiger partial charge >= 0.3 is 6.09 Å². The van der Waals surface area contributed by atoms with Crippen LogP contribution in [-0.2, 0) is 15.5 Å². The second kappa shape index (κ2) is 7.13. The maximum Gasteiger partial charge on any atom is 0.410 e. The summed E-state index contributed by atoms with van der Waals surface area (Å²) < 4.78 is 18.0. The third-order valence-corrected chi connectivity index (χ3v) is 5.19. The maximum absolute atomic E-state index is 12.6. The van der Waals surface area contributed by atoms with Gasteiger partial charge in [-0.25, -0.2) is 14.8 Å². The molecule has 1 atom stereocenters. The van der Waals surface area contributed by atoms with Crippen LogP contribution in [0, 0.1) is 6.92 Å². The van der Waals surface area contributed by atoms with Crippen LogP contribution in [0.4, 0.5) is 4.79 Å². The fourth-order valence-corrected chi connectivity index (χ4v) is 3.97. The van der Waals surface area contributed by atoms with Crippen LogP contribution in [0.15, 0.2) is 11.2 Å². The van der Waals surface area contributed by atoms with E-state index in [2.05, 4.69) is 9.97 Å². The number of carbonyl (C=O) groups is 1. The van der Waals surface area contributed by atoms with Crippen molar-refractivity contribution in [3.63, 3.8) is 0 Å². The topological polar surface area (TPSA) is 72.4 Å². The normalized spacial score (nSPS) is 17.9. The minimum Gasteiger partial charge on any atom is -0.444 e. The number of halogens is 1. The zero-order chi connectivity index (χ0) is 17.2. The second-order valence-corrected chi connectivity index (χ2v) is 8.59. The van der Waals surface area contributed by atoms with Gasteiger partial charge in [0.05, 0.1) is 10.8 Å². The van der Waals surface area contributed by atoms with Gasteiger partial charge in [-0.3, -0.25) is 4.21 Å². The van der Waals surface area contributed by atoms with Crippen molar-refractivity contribution < 1.29 is 13.7 Å². The molecule has 1 saturated heterocycles. The van der Waals surface area contributed by atoms with Crippen LogP contribution in [0.3, 0.4) is 0 Å². The zero-order valence-electron chi connectivity index (χ0n) is 13.8. The van der Waals surface area contributed by atoms with Gasteiger partial charge < -0.3 is 9.64 Å². The summed E-state index contributed by atoms with van der Waals surface area (Å²) in [5.74, 6) is 0. The highest BCUT2D eigenvalue weighted by atomic mass is 35.5. The van der Waals surface area contributed by atoms with Gasteiger partial charge in [-0.1, -0.05) is 11.6 Å². The number of hydrogen-bond acceptors (Lipinski definition) is 5. The number of nitrogens with zero attached hydrogens (tertiary/aromatic N) is 3. The Kier molecular flexibility index (Phi) is 5.62. The number of aromatic nitrogens is 2. The molecule has 1 aromatic rings. The lowest BCUT2D eigenvalue weighted by Gasteiger charge is -2.32. The Hall–Kier alpha value is -1.21. The zero-order valence-corrected chi connectivity index (χ0v) is 15.4. The summed E-state index contributed by atoms with van der Waals surface area (Å²) >= 11 is 5.90. The van der Waals surface area contributed by atoms with Crippen molar-refractivity contribution >= 4 is 28.5 Å². The molecule has 1 fully saturated rings. The van der Waals surface area contributed by atoms with Crippen LogP contribution in [-0.4, -0.2) is 49.1 Å². The van der Waals surface area contributed by atoms with Crippen LogP contribution >= 0.6 is 11.6 Å². The van der Waals surface area contributed by atoms with Gasteiger partial charge in [0.1, 0.15) is 10.8 Å². The molecule has 8 heteroatoms. The summed E-state index contributed by atoms with van der Waals surface area (Å²) in [7, 11) is -1.32. The van der Waals surface area contributed by atoms with E-state index in [-0.39, 0.29) is 16.5 Å². The van der Waals surface area contributed by atoms with Crippen LogP contribution in [0.2, 0.25) is 5.15 Å². The summed E-state index contributed by atoms with van der Waals surface area (Å²) in [5.41, 5.74) is 0.183. The largest absolute Gasteiger partial charge is 0.444 e. The SMILES string of the molecule is Cc1cc(Cl)nc(S(=O)C2CCN(C(=O)OC(C)(C)C)CC2)n1. The Morgan fingerprint density at radius 2 is 1.96 bits per heavy atom. The fourth-order valence-electron chi connectivity index (χ4n) is 2.32. The van der Waals surface area contributed by atoms with Crippen molar-refractivity contribution in [2.24, 2.45) is 0 Å². The number of amides is 1. The minimum atomic E-state index is -1.32. The first-order chi connectivity index (χ1) is 10.7. The Morgan fingerprint density at radius 3 is 2.48 bits per heavy atom. The van der Waals surface area contributed by atoms with Gasteiger partial charge in [0.25, 0.3) is 0 Å². The molecule has 23 heavy (non-hydrogen) atoms. The van der Waals surface area contributed by atoms with E-state index < -0.39 is 16.4 Å². The number of likely N-dealkylation sites (tertiary alicyclic amines) is 1. The minimum absolute atomic E-state index is 0.0773. The Balaban J connectivity index is 1.96. The van der Waals surface area contributed by atoms with E-state index in [9.17, 15) is 9.00 Å². The molecule has 0 aliphatic carbocycles. The molecule has 0 bridgehead atoms. The molecule has 2 heterocycles. The summed E-state index contributed by atoms with van der Waals surface area (Å²) in [6, 6.07) is 1.63. The Bertz CT molecular complexity index is 590. The predicted octanol–water partition coefficient (Wildman–Crippen LogP) is 2.95. The molecular formula is C15H22ClN3O3S. The quantitative estimate of drug-likeness (QED) is 0.599. The average molecular weight is 360 g/mol. The highest BCUT2D eigenvalue weighted by molar-refractivity contribution is 7.85. The Labute approximate surface area is 144 Å². The van der Waals surface area contributed by atoms with Gasteiger partial charge in [-0.15, -0.1) is 0 Å². The number of carbonyl (C=O) groups excluding carboxylic acids is 1. The molecule has 1 unspecified atom stereocenters. The number of rotatable bonds is 2. The first kappa shape index (κ1) is 18.1. The molecule has 0 spiro atoms. The lowest BCUT2D eigenvalue weighted by molar-refractivity contribution is 0.0218. The van der Waals surface area contributed by atoms with Gasteiger partial charge in [0, 0.05) is 24.0 Å². The molecule has 1 aliphatic heterocycles. The van der Waals surface area contributed by atoms with E-state index in [0.717, 1.165) is 0 Å². The fraction of sp³-hybridized carbons (Fsp3) is 0.667. The summed E-state index contributed by atoms with van der Waals surface area (Å²) in [4.78, 5) is 22.0. The third-order valence-electron chi connectivity index (χ3n) is 3.38. The first-order valence-corrected chi connectivity index (χ1v) is 9.14. The van der Waals surface area contributed by atoms with Crippen LogP contribution in [0.5, 0.6) is 0 Å². The van der Waals surface area contributed by atoms with Crippen molar-refractivity contribution in [1.82, 2.24) is 14.9 Å². The Morgan fingerprint density at radius 1 is 1.35 bits per heavy atom. The molecule has 0 N–H and O–H groups in total. The molecule has 2 rings (SSSR count). The number of piperidine rings is 1. The van der Waals surface area contributed by atoms with Gasteiger partial charge in [-0.2, -0.15) is 0 Å². The molecule has 0 aromatic carbocycles. The first-order valence-electron chi connectivity index (χ1n) is 7.55. The van der Waals surface area contributed by atoms with E-state index in [1.54, 1.807) is 17.9 Å². The van der Waals surface area contributed by atoms with E-state index in [1.165, 1.54) is 0 Å². The molecule has 6 nitrogen and oxygen atoms in total. The number of aryl methyl sites for hydroxylation is 1. The van der Waals surface area contributed by atoms with E-state index in [1.807, 2.05) is 20.8 Å². The smallest absolute Gasteiger partial charge is 0.410 e. The maximum atomic E-state index is 12.6. The molecule has 0 saturated carbocycles. The second-order valence-electron chi connectivity index (χ2n) is 6.58. The lowest BCUT2D eigenvalue weighted by Crippen LogP contribution is -2.43. The summed E-state index contributed by atoms with van der Waals surface area (Å²) in [6.07, 6.45) is 0.929. The highest BCUT2D eigenvalue weighted by Gasteiger charge is 2.30. The van der Waals surface area contributed by atoms with Crippen molar-refractivity contribution in [3.05, 3.63) is 16.9 Å². The van der Waals surface area contributed by atoms with E-state index >= 15 is 0 Å². The third kappa shape index (κ3) is 5.14. The predicted molar refractivity (Wildman–Crippen MR) is 89.0 cm³/mol. The van der Waals surface area contributed by atoms with Crippen molar-refractivity contribution in [2.45, 2.75) is 56.5 Å². The molecular weight excluding hydrogens is 338 g/mol. The number of ether oxygens (including phenoxy) is 1. The van der Waals surface area contributed by atoms with Crippen LogP contribution in [0.1, 0.15) is 39.3 Å². The molecule has 1 aliphatic rings. The van der Waals surface area contributed by atoms with Crippen LogP contribution in [0.25, 0.3) is 0 Å².